The van der Waals surface area contributed by atoms with Gasteiger partial charge in [-0.1, -0.05) is 26.0 Å². The predicted octanol–water partition coefficient (Wildman–Crippen LogP) is 4.36. The largest absolute Gasteiger partial charge is 0.493 e. The minimum Gasteiger partial charge on any atom is -0.493 e. The minimum atomic E-state index is -0.112. The Morgan fingerprint density at radius 1 is 0.929 bits per heavy atom. The number of rotatable bonds is 12. The van der Waals surface area contributed by atoms with Crippen molar-refractivity contribution in [2.75, 3.05) is 37.7 Å². The molecule has 5 heteroatoms. The van der Waals surface area contributed by atoms with Crippen LogP contribution in [-0.4, -0.2) is 36.9 Å². The molecular formula is C23H33N3O2. The van der Waals surface area contributed by atoms with Crippen molar-refractivity contribution in [1.29, 1.82) is 0 Å². The molecule has 28 heavy (non-hydrogen) atoms. The number of nitrogen functional groups attached to an aromatic ring is 2. The van der Waals surface area contributed by atoms with Crippen LogP contribution in [0.1, 0.15) is 55.5 Å². The first-order valence-electron chi connectivity index (χ1n) is 10.2. The standard InChI is InChI=1S/C23H33N3O2/c1-3-13-26(14-4-2)15-7-8-16-28-22-10-6-5-9-19(22)23(27)18-11-12-20(24)21(25)17-18/h5-6,9-12,17H,3-4,7-8,13-16,24-25H2,1-2H3. The van der Waals surface area contributed by atoms with E-state index >= 15 is 0 Å². The molecule has 0 amide bonds. The van der Waals surface area contributed by atoms with E-state index in [9.17, 15) is 4.79 Å². The first-order chi connectivity index (χ1) is 13.6. The first-order valence-corrected chi connectivity index (χ1v) is 10.2. The lowest BCUT2D eigenvalue weighted by molar-refractivity contribution is 0.103. The molecule has 0 bridgehead atoms. The summed E-state index contributed by atoms with van der Waals surface area (Å²) < 4.78 is 5.94. The lowest BCUT2D eigenvalue weighted by atomic mass is 10.0. The van der Waals surface area contributed by atoms with Crippen molar-refractivity contribution in [2.45, 2.75) is 39.5 Å². The van der Waals surface area contributed by atoms with E-state index in [0.29, 0.717) is 34.9 Å². The number of nitrogens with zero attached hydrogens (tertiary/aromatic N) is 1. The van der Waals surface area contributed by atoms with Gasteiger partial charge in [0.05, 0.1) is 23.5 Å². The highest BCUT2D eigenvalue weighted by molar-refractivity contribution is 6.11. The Labute approximate surface area is 168 Å². The fourth-order valence-electron chi connectivity index (χ4n) is 3.24. The molecule has 0 aliphatic carbocycles. The van der Waals surface area contributed by atoms with Crippen LogP contribution in [0.5, 0.6) is 5.75 Å². The van der Waals surface area contributed by atoms with Crippen LogP contribution in [0.25, 0.3) is 0 Å². The van der Waals surface area contributed by atoms with Crippen molar-refractivity contribution in [1.82, 2.24) is 4.90 Å². The zero-order chi connectivity index (χ0) is 20.4. The zero-order valence-corrected chi connectivity index (χ0v) is 17.1. The lowest BCUT2D eigenvalue weighted by Gasteiger charge is -2.20. The van der Waals surface area contributed by atoms with Crippen LogP contribution in [0.4, 0.5) is 11.4 Å². The molecule has 152 valence electrons. The van der Waals surface area contributed by atoms with Gasteiger partial charge in [-0.3, -0.25) is 4.79 Å². The van der Waals surface area contributed by atoms with Gasteiger partial charge in [-0.2, -0.15) is 0 Å². The third-order valence-electron chi connectivity index (χ3n) is 4.69. The molecule has 4 N–H and O–H groups in total. The quantitative estimate of drug-likeness (QED) is 0.323. The Balaban J connectivity index is 1.93. The maximum atomic E-state index is 12.9. The fraction of sp³-hybridized carbons (Fsp3) is 0.435. The molecule has 0 aliphatic rings. The Hall–Kier alpha value is -2.53. The maximum absolute atomic E-state index is 12.9. The van der Waals surface area contributed by atoms with Crippen molar-refractivity contribution < 1.29 is 9.53 Å². The van der Waals surface area contributed by atoms with Crippen LogP contribution in [0.15, 0.2) is 42.5 Å². The molecule has 2 rings (SSSR count). The molecule has 0 aliphatic heterocycles. The monoisotopic (exact) mass is 383 g/mol. The molecule has 2 aromatic carbocycles. The van der Waals surface area contributed by atoms with Gasteiger partial charge >= 0.3 is 0 Å². The van der Waals surface area contributed by atoms with Gasteiger partial charge in [-0.15, -0.1) is 0 Å². The summed E-state index contributed by atoms with van der Waals surface area (Å²) >= 11 is 0. The van der Waals surface area contributed by atoms with Crippen LogP contribution in [0.3, 0.4) is 0 Å². The average Bonchev–Trinajstić information content (AvgIpc) is 2.70. The molecule has 0 unspecified atom stereocenters. The number of hydrogen-bond acceptors (Lipinski definition) is 5. The lowest BCUT2D eigenvalue weighted by Crippen LogP contribution is -2.26. The smallest absolute Gasteiger partial charge is 0.196 e. The minimum absolute atomic E-state index is 0.112. The second kappa shape index (κ2) is 11.3. The predicted molar refractivity (Wildman–Crippen MR) is 117 cm³/mol. The Bertz CT molecular complexity index is 755. The van der Waals surface area contributed by atoms with E-state index in [-0.39, 0.29) is 5.78 Å². The molecule has 0 radical (unpaired) electrons. The van der Waals surface area contributed by atoms with Gasteiger partial charge in [0, 0.05) is 5.56 Å². The summed E-state index contributed by atoms with van der Waals surface area (Å²) in [5.41, 5.74) is 13.5. The third-order valence-corrected chi connectivity index (χ3v) is 4.69. The molecule has 0 spiro atoms. The highest BCUT2D eigenvalue weighted by atomic mass is 16.5. The van der Waals surface area contributed by atoms with Crippen LogP contribution < -0.4 is 16.2 Å². The van der Waals surface area contributed by atoms with E-state index in [1.165, 1.54) is 12.8 Å². The van der Waals surface area contributed by atoms with E-state index in [1.807, 2.05) is 18.2 Å². The van der Waals surface area contributed by atoms with Crippen LogP contribution in [0.2, 0.25) is 0 Å². The third kappa shape index (κ3) is 6.27. The first kappa shape index (κ1) is 21.8. The van der Waals surface area contributed by atoms with E-state index in [0.717, 1.165) is 32.5 Å². The van der Waals surface area contributed by atoms with E-state index in [4.69, 9.17) is 16.2 Å². The number of benzene rings is 2. The van der Waals surface area contributed by atoms with Crippen LogP contribution in [0, 0.1) is 0 Å². The highest BCUT2D eigenvalue weighted by Gasteiger charge is 2.15. The number of anilines is 2. The molecule has 0 aromatic heterocycles. The Kier molecular flexibility index (Phi) is 8.82. The number of ether oxygens (including phenoxy) is 1. The van der Waals surface area contributed by atoms with Crippen molar-refractivity contribution in [3.05, 3.63) is 53.6 Å². The van der Waals surface area contributed by atoms with Gasteiger partial charge in [0.2, 0.25) is 0 Å². The topological polar surface area (TPSA) is 81.6 Å². The summed E-state index contributed by atoms with van der Waals surface area (Å²) in [5, 5.41) is 0. The Morgan fingerprint density at radius 3 is 2.32 bits per heavy atom. The fourth-order valence-corrected chi connectivity index (χ4v) is 3.24. The van der Waals surface area contributed by atoms with Gasteiger partial charge in [0.1, 0.15) is 5.75 Å². The summed E-state index contributed by atoms with van der Waals surface area (Å²) in [7, 11) is 0. The van der Waals surface area contributed by atoms with E-state index in [1.54, 1.807) is 24.3 Å². The average molecular weight is 384 g/mol. The van der Waals surface area contributed by atoms with E-state index < -0.39 is 0 Å². The maximum Gasteiger partial charge on any atom is 0.196 e. The molecule has 0 atom stereocenters. The van der Waals surface area contributed by atoms with Crippen molar-refractivity contribution >= 4 is 17.2 Å². The number of carbonyl (C=O) groups excluding carboxylic acids is 1. The highest BCUT2D eigenvalue weighted by Crippen LogP contribution is 2.24. The van der Waals surface area contributed by atoms with Gasteiger partial charge in [0.15, 0.2) is 5.78 Å². The van der Waals surface area contributed by atoms with Crippen LogP contribution in [-0.2, 0) is 0 Å². The van der Waals surface area contributed by atoms with Crippen molar-refractivity contribution in [3.8, 4) is 5.75 Å². The molecule has 2 aromatic rings. The van der Waals surface area contributed by atoms with Gasteiger partial charge in [-0.25, -0.2) is 0 Å². The van der Waals surface area contributed by atoms with Crippen molar-refractivity contribution in [2.24, 2.45) is 0 Å². The SMILES string of the molecule is CCCN(CCC)CCCCOc1ccccc1C(=O)c1ccc(N)c(N)c1. The molecule has 0 saturated carbocycles. The second-order valence-corrected chi connectivity index (χ2v) is 7.07. The number of nitrogens with two attached hydrogens (primary N) is 2. The summed E-state index contributed by atoms with van der Waals surface area (Å²) in [4.78, 5) is 15.4. The number of para-hydroxylation sites is 1. The van der Waals surface area contributed by atoms with Gasteiger partial charge in [-0.05, 0) is 75.6 Å². The summed E-state index contributed by atoms with van der Waals surface area (Å²) in [5.74, 6) is 0.501. The van der Waals surface area contributed by atoms with Crippen LogP contribution >= 0.6 is 0 Å². The summed E-state index contributed by atoms with van der Waals surface area (Å²) in [6.07, 6.45) is 4.41. The summed E-state index contributed by atoms with van der Waals surface area (Å²) in [6.45, 7) is 8.42. The Morgan fingerprint density at radius 2 is 1.64 bits per heavy atom. The number of ketones is 1. The molecular weight excluding hydrogens is 350 g/mol. The van der Waals surface area contributed by atoms with Gasteiger partial charge < -0.3 is 21.1 Å². The summed E-state index contributed by atoms with van der Waals surface area (Å²) in [6, 6.07) is 12.3. The zero-order valence-electron chi connectivity index (χ0n) is 17.1. The molecule has 0 saturated heterocycles. The number of hydrogen-bond donors (Lipinski definition) is 2. The van der Waals surface area contributed by atoms with Gasteiger partial charge in [0.25, 0.3) is 0 Å². The van der Waals surface area contributed by atoms with E-state index in [2.05, 4.69) is 18.7 Å². The normalized spacial score (nSPS) is 11.0. The number of carbonyl (C=O) groups is 1. The second-order valence-electron chi connectivity index (χ2n) is 7.07. The molecule has 5 nitrogen and oxygen atoms in total. The molecule has 0 heterocycles. The van der Waals surface area contributed by atoms with Crippen molar-refractivity contribution in [3.63, 3.8) is 0 Å². The molecule has 0 fully saturated rings. The number of unbranched alkanes of at least 4 members (excludes halogenated alkanes) is 1.